The molecule has 2 rings (SSSR count). The average molecular weight is 343 g/mol. The van der Waals surface area contributed by atoms with Gasteiger partial charge in [0.2, 0.25) is 0 Å². The van der Waals surface area contributed by atoms with Gasteiger partial charge in [-0.15, -0.1) is 0 Å². The lowest BCUT2D eigenvalue weighted by Crippen LogP contribution is -2.18. The average Bonchev–Trinajstić information content (AvgIpc) is 2.61. The van der Waals surface area contributed by atoms with Crippen LogP contribution < -0.4 is 14.9 Å². The first-order chi connectivity index (χ1) is 12.0. The van der Waals surface area contributed by atoms with Crippen molar-refractivity contribution in [1.29, 1.82) is 0 Å². The van der Waals surface area contributed by atoms with Crippen LogP contribution in [0.2, 0.25) is 0 Å². The van der Waals surface area contributed by atoms with E-state index in [0.717, 1.165) is 0 Å². The van der Waals surface area contributed by atoms with Crippen LogP contribution in [0.3, 0.4) is 0 Å². The molecule has 0 radical (unpaired) electrons. The standard InChI is InChI=1S/C17H17N3O5/c1-11-7-8-12(9-14(11)20(22)23)17(21)19-18-10-13-5-4-6-15(24-2)16(13)25-3/h4-10H,1-3H3,(H,19,21)/b18-10-. The summed E-state index contributed by atoms with van der Waals surface area (Å²) in [6, 6.07) is 9.47. The van der Waals surface area contributed by atoms with E-state index in [-0.39, 0.29) is 11.3 Å². The monoisotopic (exact) mass is 343 g/mol. The van der Waals surface area contributed by atoms with Crippen molar-refractivity contribution >= 4 is 17.8 Å². The number of carbonyl (C=O) groups is 1. The minimum Gasteiger partial charge on any atom is -0.493 e. The van der Waals surface area contributed by atoms with Crippen molar-refractivity contribution in [2.24, 2.45) is 5.10 Å². The third-order valence-corrected chi connectivity index (χ3v) is 3.47. The van der Waals surface area contributed by atoms with Crippen molar-refractivity contribution in [2.75, 3.05) is 14.2 Å². The molecule has 0 aliphatic heterocycles. The molecule has 1 amide bonds. The number of para-hydroxylation sites is 1. The Hall–Kier alpha value is -3.42. The van der Waals surface area contributed by atoms with E-state index in [4.69, 9.17) is 9.47 Å². The number of nitrogens with one attached hydrogen (secondary N) is 1. The van der Waals surface area contributed by atoms with Gasteiger partial charge in [-0.3, -0.25) is 14.9 Å². The third kappa shape index (κ3) is 4.11. The smallest absolute Gasteiger partial charge is 0.273 e. The normalized spacial score (nSPS) is 10.5. The second-order valence-corrected chi connectivity index (χ2v) is 5.04. The van der Waals surface area contributed by atoms with Gasteiger partial charge in [0.05, 0.1) is 25.4 Å². The van der Waals surface area contributed by atoms with Gasteiger partial charge in [0.25, 0.3) is 11.6 Å². The first kappa shape index (κ1) is 17.9. The number of hydrogen-bond acceptors (Lipinski definition) is 6. The highest BCUT2D eigenvalue weighted by Gasteiger charge is 2.14. The Morgan fingerprint density at radius 1 is 1.24 bits per heavy atom. The fourth-order valence-electron chi connectivity index (χ4n) is 2.19. The highest BCUT2D eigenvalue weighted by molar-refractivity contribution is 5.96. The molecule has 0 aromatic heterocycles. The Kier molecular flexibility index (Phi) is 5.67. The van der Waals surface area contributed by atoms with E-state index in [1.165, 1.54) is 38.6 Å². The highest BCUT2D eigenvalue weighted by atomic mass is 16.6. The van der Waals surface area contributed by atoms with Crippen LogP contribution >= 0.6 is 0 Å². The molecule has 8 heteroatoms. The molecule has 130 valence electrons. The van der Waals surface area contributed by atoms with Crippen LogP contribution in [0.5, 0.6) is 11.5 Å². The van der Waals surface area contributed by atoms with E-state index in [1.54, 1.807) is 25.1 Å². The van der Waals surface area contributed by atoms with Gasteiger partial charge in [-0.25, -0.2) is 5.43 Å². The second kappa shape index (κ2) is 7.91. The van der Waals surface area contributed by atoms with Crippen molar-refractivity contribution in [3.8, 4) is 11.5 Å². The summed E-state index contributed by atoms with van der Waals surface area (Å²) in [4.78, 5) is 22.5. The lowest BCUT2D eigenvalue weighted by Gasteiger charge is -2.09. The number of amides is 1. The van der Waals surface area contributed by atoms with Crippen LogP contribution in [0.25, 0.3) is 0 Å². The molecular weight excluding hydrogens is 326 g/mol. The zero-order valence-corrected chi connectivity index (χ0v) is 14.0. The number of hydrazone groups is 1. The molecule has 0 aliphatic rings. The summed E-state index contributed by atoms with van der Waals surface area (Å²) >= 11 is 0. The topological polar surface area (TPSA) is 103 Å². The van der Waals surface area contributed by atoms with Crippen molar-refractivity contribution in [1.82, 2.24) is 5.43 Å². The quantitative estimate of drug-likeness (QED) is 0.493. The fourth-order valence-corrected chi connectivity index (χ4v) is 2.19. The predicted molar refractivity (Wildman–Crippen MR) is 92.4 cm³/mol. The minimum absolute atomic E-state index is 0.119. The highest BCUT2D eigenvalue weighted by Crippen LogP contribution is 2.29. The summed E-state index contributed by atoms with van der Waals surface area (Å²) in [5, 5.41) is 14.8. The van der Waals surface area contributed by atoms with Crippen LogP contribution in [0, 0.1) is 17.0 Å². The number of carbonyl (C=O) groups excluding carboxylic acids is 1. The molecule has 1 N–H and O–H groups in total. The number of ether oxygens (including phenoxy) is 2. The molecule has 0 spiro atoms. The number of aryl methyl sites for hydroxylation is 1. The molecular formula is C17H17N3O5. The van der Waals surface area contributed by atoms with Gasteiger partial charge in [0.1, 0.15) is 0 Å². The van der Waals surface area contributed by atoms with E-state index >= 15 is 0 Å². The molecule has 8 nitrogen and oxygen atoms in total. The molecule has 0 aliphatic carbocycles. The molecule has 0 unspecified atom stereocenters. The van der Waals surface area contributed by atoms with Crippen molar-refractivity contribution in [2.45, 2.75) is 6.92 Å². The van der Waals surface area contributed by atoms with Crippen LogP contribution in [0.1, 0.15) is 21.5 Å². The number of methoxy groups -OCH3 is 2. The number of nitrogens with zero attached hydrogens (tertiary/aromatic N) is 2. The summed E-state index contributed by atoms with van der Waals surface area (Å²) in [6.07, 6.45) is 1.40. The largest absolute Gasteiger partial charge is 0.493 e. The van der Waals surface area contributed by atoms with E-state index in [1.807, 2.05) is 0 Å². The number of nitro groups is 1. The first-order valence-corrected chi connectivity index (χ1v) is 7.27. The molecule has 0 atom stereocenters. The third-order valence-electron chi connectivity index (χ3n) is 3.47. The summed E-state index contributed by atoms with van der Waals surface area (Å²) in [5.74, 6) is 0.460. The molecule has 2 aromatic rings. The summed E-state index contributed by atoms with van der Waals surface area (Å²) in [6.45, 7) is 1.60. The van der Waals surface area contributed by atoms with Crippen molar-refractivity contribution in [3.63, 3.8) is 0 Å². The van der Waals surface area contributed by atoms with Crippen molar-refractivity contribution in [3.05, 3.63) is 63.2 Å². The Bertz CT molecular complexity index is 833. The lowest BCUT2D eigenvalue weighted by molar-refractivity contribution is -0.385. The van der Waals surface area contributed by atoms with E-state index in [2.05, 4.69) is 10.5 Å². The van der Waals surface area contributed by atoms with Gasteiger partial charge < -0.3 is 9.47 Å². The Morgan fingerprint density at radius 3 is 2.64 bits per heavy atom. The van der Waals surface area contributed by atoms with Crippen LogP contribution in [-0.2, 0) is 0 Å². The maximum absolute atomic E-state index is 12.1. The van der Waals surface area contributed by atoms with Crippen molar-refractivity contribution < 1.29 is 19.2 Å². The molecule has 25 heavy (non-hydrogen) atoms. The number of nitro benzene ring substituents is 1. The molecule has 0 saturated heterocycles. The molecule has 0 bridgehead atoms. The maximum atomic E-state index is 12.1. The minimum atomic E-state index is -0.554. The van der Waals surface area contributed by atoms with E-state index < -0.39 is 10.8 Å². The molecule has 0 saturated carbocycles. The molecule has 2 aromatic carbocycles. The zero-order valence-electron chi connectivity index (χ0n) is 14.0. The second-order valence-electron chi connectivity index (χ2n) is 5.04. The van der Waals surface area contributed by atoms with Gasteiger partial charge in [-0.05, 0) is 25.1 Å². The van der Waals surface area contributed by atoms with Crippen LogP contribution in [0.15, 0.2) is 41.5 Å². The van der Waals surface area contributed by atoms with E-state index in [9.17, 15) is 14.9 Å². The molecule has 0 heterocycles. The summed E-state index contributed by atoms with van der Waals surface area (Å²) in [5.41, 5.74) is 3.45. The number of hydrogen-bond donors (Lipinski definition) is 1. The first-order valence-electron chi connectivity index (χ1n) is 7.27. The van der Waals surface area contributed by atoms with Crippen LogP contribution in [0.4, 0.5) is 5.69 Å². The lowest BCUT2D eigenvalue weighted by atomic mass is 10.1. The van der Waals surface area contributed by atoms with Gasteiger partial charge in [-0.2, -0.15) is 5.10 Å². The van der Waals surface area contributed by atoms with E-state index in [0.29, 0.717) is 22.6 Å². The van der Waals surface area contributed by atoms with Gasteiger partial charge in [0, 0.05) is 22.8 Å². The summed E-state index contributed by atoms with van der Waals surface area (Å²) in [7, 11) is 3.02. The Morgan fingerprint density at radius 2 is 2.00 bits per heavy atom. The fraction of sp³-hybridized carbons (Fsp3) is 0.176. The number of benzene rings is 2. The zero-order chi connectivity index (χ0) is 18.4. The van der Waals surface area contributed by atoms with Gasteiger partial charge in [0.15, 0.2) is 11.5 Å². The Balaban J connectivity index is 2.16. The maximum Gasteiger partial charge on any atom is 0.273 e. The van der Waals surface area contributed by atoms with Crippen LogP contribution in [-0.4, -0.2) is 31.3 Å². The Labute approximate surface area is 144 Å². The van der Waals surface area contributed by atoms with Gasteiger partial charge >= 0.3 is 0 Å². The number of rotatable bonds is 6. The molecule has 0 fully saturated rings. The predicted octanol–water partition coefficient (Wildman–Crippen LogP) is 2.68. The SMILES string of the molecule is COc1cccc(/C=N\NC(=O)c2ccc(C)c([N+](=O)[O-])c2)c1OC. The summed E-state index contributed by atoms with van der Waals surface area (Å²) < 4.78 is 10.4. The van der Waals surface area contributed by atoms with Gasteiger partial charge in [-0.1, -0.05) is 12.1 Å².